The van der Waals surface area contributed by atoms with E-state index in [9.17, 15) is 4.79 Å². The molecule has 31 heavy (non-hydrogen) atoms. The number of carbonyl (C=O) groups excluding carboxylic acids is 1. The Balaban J connectivity index is 1.71. The molecule has 0 saturated carbocycles. The van der Waals surface area contributed by atoms with Crippen molar-refractivity contribution in [1.82, 2.24) is 14.8 Å². The fourth-order valence-electron chi connectivity index (χ4n) is 3.40. The molecule has 6 nitrogen and oxygen atoms in total. The van der Waals surface area contributed by atoms with E-state index >= 15 is 0 Å². The summed E-state index contributed by atoms with van der Waals surface area (Å²) in [4.78, 5) is 15.0. The molecule has 3 aromatic rings. The number of hydrogen-bond donors (Lipinski definition) is 1. The summed E-state index contributed by atoms with van der Waals surface area (Å²) in [5.74, 6) is 0.738. The van der Waals surface area contributed by atoms with Gasteiger partial charge in [-0.2, -0.15) is 0 Å². The highest BCUT2D eigenvalue weighted by Crippen LogP contribution is 2.28. The second-order valence-electron chi connectivity index (χ2n) is 7.65. The fourth-order valence-corrected chi connectivity index (χ4v) is 4.21. The first-order valence-corrected chi connectivity index (χ1v) is 11.5. The Morgan fingerprint density at radius 1 is 1.10 bits per heavy atom. The topological polar surface area (TPSA) is 63.1 Å². The highest BCUT2D eigenvalue weighted by Gasteiger charge is 2.20. The van der Waals surface area contributed by atoms with Crippen molar-refractivity contribution < 1.29 is 4.79 Å². The maximum atomic E-state index is 12.7. The highest BCUT2D eigenvalue weighted by molar-refractivity contribution is 8.00. The van der Waals surface area contributed by atoms with Crippen molar-refractivity contribution in [2.75, 3.05) is 23.3 Å². The minimum absolute atomic E-state index is 0.0492. The van der Waals surface area contributed by atoms with Crippen LogP contribution in [0.4, 0.5) is 11.4 Å². The third-order valence-corrected chi connectivity index (χ3v) is 6.53. The number of thioether (sulfide) groups is 1. The van der Waals surface area contributed by atoms with Crippen LogP contribution in [0.25, 0.3) is 11.4 Å². The van der Waals surface area contributed by atoms with Crippen LogP contribution in [-0.4, -0.2) is 39.0 Å². The molecule has 1 heterocycles. The van der Waals surface area contributed by atoms with Gasteiger partial charge in [-0.3, -0.25) is 4.79 Å². The van der Waals surface area contributed by atoms with Crippen molar-refractivity contribution in [2.24, 2.45) is 7.05 Å². The third-order valence-electron chi connectivity index (χ3n) is 5.39. The van der Waals surface area contributed by atoms with Crippen LogP contribution in [0.15, 0.2) is 47.6 Å². The molecule has 1 unspecified atom stereocenters. The lowest BCUT2D eigenvalue weighted by atomic mass is 10.1. The summed E-state index contributed by atoms with van der Waals surface area (Å²) in [7, 11) is 1.94. The molecule has 7 heteroatoms. The van der Waals surface area contributed by atoms with Gasteiger partial charge in [0.2, 0.25) is 5.91 Å². The third kappa shape index (κ3) is 5.28. The van der Waals surface area contributed by atoms with Crippen molar-refractivity contribution in [3.05, 3.63) is 53.6 Å². The van der Waals surface area contributed by atoms with Crippen molar-refractivity contribution >= 4 is 29.0 Å². The molecular weight excluding hydrogens is 406 g/mol. The Kier molecular flexibility index (Phi) is 7.38. The van der Waals surface area contributed by atoms with Gasteiger partial charge in [-0.15, -0.1) is 10.2 Å². The van der Waals surface area contributed by atoms with E-state index in [4.69, 9.17) is 0 Å². The van der Waals surface area contributed by atoms with Gasteiger partial charge in [0.1, 0.15) is 0 Å². The molecule has 1 atom stereocenters. The Labute approximate surface area is 189 Å². The Bertz CT molecular complexity index is 1040. The van der Waals surface area contributed by atoms with Crippen LogP contribution < -0.4 is 10.2 Å². The molecule has 0 bridgehead atoms. The maximum Gasteiger partial charge on any atom is 0.237 e. The molecule has 0 fully saturated rings. The molecule has 0 radical (unpaired) electrons. The number of carbonyl (C=O) groups is 1. The average molecular weight is 438 g/mol. The van der Waals surface area contributed by atoms with E-state index in [-0.39, 0.29) is 11.2 Å². The number of anilines is 2. The first kappa shape index (κ1) is 22.9. The van der Waals surface area contributed by atoms with E-state index in [2.05, 4.69) is 58.5 Å². The standard InChI is InChI=1S/C24H31N5OS/c1-7-29(8-2)20-13-11-19(12-14-20)22-26-27-24(28(22)6)31-18(5)23(30)25-21-15-16(3)9-10-17(21)4/h9-15,18H,7-8H2,1-6H3,(H,25,30). The maximum absolute atomic E-state index is 12.7. The Morgan fingerprint density at radius 2 is 1.77 bits per heavy atom. The highest BCUT2D eigenvalue weighted by atomic mass is 32.2. The number of benzene rings is 2. The van der Waals surface area contributed by atoms with Crippen molar-refractivity contribution in [3.63, 3.8) is 0 Å². The predicted molar refractivity (Wildman–Crippen MR) is 130 cm³/mol. The molecule has 1 aromatic heterocycles. The zero-order valence-electron chi connectivity index (χ0n) is 19.1. The molecule has 164 valence electrons. The first-order valence-electron chi connectivity index (χ1n) is 10.6. The number of nitrogens with one attached hydrogen (secondary N) is 1. The summed E-state index contributed by atoms with van der Waals surface area (Å²) in [5.41, 5.74) is 5.22. The van der Waals surface area contributed by atoms with E-state index in [0.717, 1.165) is 41.3 Å². The summed E-state index contributed by atoms with van der Waals surface area (Å²) in [6, 6.07) is 14.4. The molecule has 0 aliphatic carbocycles. The summed E-state index contributed by atoms with van der Waals surface area (Å²) < 4.78 is 1.94. The average Bonchev–Trinajstić information content (AvgIpc) is 3.12. The van der Waals surface area contributed by atoms with Gasteiger partial charge in [-0.05, 0) is 76.1 Å². The van der Waals surface area contributed by atoms with Gasteiger partial charge in [-0.25, -0.2) is 0 Å². The molecule has 0 spiro atoms. The molecule has 0 aliphatic rings. The molecule has 1 amide bonds. The molecule has 2 aromatic carbocycles. The normalized spacial score (nSPS) is 11.9. The van der Waals surface area contributed by atoms with Gasteiger partial charge in [0.25, 0.3) is 0 Å². The monoisotopic (exact) mass is 437 g/mol. The fraction of sp³-hybridized carbons (Fsp3) is 0.375. The first-order chi connectivity index (χ1) is 14.8. The van der Waals surface area contributed by atoms with E-state index in [0.29, 0.717) is 5.16 Å². The van der Waals surface area contributed by atoms with Crippen LogP contribution >= 0.6 is 11.8 Å². The zero-order valence-corrected chi connectivity index (χ0v) is 20.0. The van der Waals surface area contributed by atoms with Crippen LogP contribution in [-0.2, 0) is 11.8 Å². The molecule has 3 rings (SSSR count). The minimum Gasteiger partial charge on any atom is -0.372 e. The van der Waals surface area contributed by atoms with E-state index in [1.165, 1.54) is 17.4 Å². The number of hydrogen-bond acceptors (Lipinski definition) is 5. The van der Waals surface area contributed by atoms with Crippen LogP contribution in [0.1, 0.15) is 31.9 Å². The largest absolute Gasteiger partial charge is 0.372 e. The van der Waals surface area contributed by atoms with Gasteiger partial charge in [0.15, 0.2) is 11.0 Å². The van der Waals surface area contributed by atoms with Crippen LogP contribution in [0.3, 0.4) is 0 Å². The van der Waals surface area contributed by atoms with Crippen LogP contribution in [0.5, 0.6) is 0 Å². The van der Waals surface area contributed by atoms with E-state index in [1.54, 1.807) is 0 Å². The van der Waals surface area contributed by atoms with E-state index < -0.39 is 0 Å². The summed E-state index contributed by atoms with van der Waals surface area (Å²) in [6.07, 6.45) is 0. The lowest BCUT2D eigenvalue weighted by Gasteiger charge is -2.21. The van der Waals surface area contributed by atoms with Gasteiger partial charge < -0.3 is 14.8 Å². The summed E-state index contributed by atoms with van der Waals surface area (Å²) >= 11 is 1.41. The SMILES string of the molecule is CCN(CC)c1ccc(-c2nnc(SC(C)C(=O)Nc3cc(C)ccc3C)n2C)cc1. The second kappa shape index (κ2) is 10.0. The van der Waals surface area contributed by atoms with Gasteiger partial charge in [0.05, 0.1) is 5.25 Å². The zero-order chi connectivity index (χ0) is 22.5. The van der Waals surface area contributed by atoms with Crippen LogP contribution in [0.2, 0.25) is 0 Å². The lowest BCUT2D eigenvalue weighted by Crippen LogP contribution is -2.23. The van der Waals surface area contributed by atoms with Crippen molar-refractivity contribution in [3.8, 4) is 11.4 Å². The molecule has 0 saturated heterocycles. The predicted octanol–water partition coefficient (Wildman–Crippen LogP) is 5.06. The Morgan fingerprint density at radius 3 is 2.42 bits per heavy atom. The van der Waals surface area contributed by atoms with Gasteiger partial charge in [-0.1, -0.05) is 23.9 Å². The van der Waals surface area contributed by atoms with Gasteiger partial charge >= 0.3 is 0 Å². The number of nitrogens with zero attached hydrogens (tertiary/aromatic N) is 4. The second-order valence-corrected chi connectivity index (χ2v) is 8.96. The summed E-state index contributed by atoms with van der Waals surface area (Å²) in [6.45, 7) is 12.2. The number of aromatic nitrogens is 3. The number of amides is 1. The minimum atomic E-state index is -0.305. The number of aryl methyl sites for hydroxylation is 2. The molecule has 1 N–H and O–H groups in total. The number of rotatable bonds is 8. The Hall–Kier alpha value is -2.80. The molecular formula is C24H31N5OS. The quantitative estimate of drug-likeness (QED) is 0.499. The molecule has 0 aliphatic heterocycles. The van der Waals surface area contributed by atoms with Gasteiger partial charge in [0, 0.05) is 37.1 Å². The van der Waals surface area contributed by atoms with Crippen molar-refractivity contribution in [2.45, 2.75) is 45.0 Å². The smallest absolute Gasteiger partial charge is 0.237 e. The van der Waals surface area contributed by atoms with Crippen molar-refractivity contribution in [1.29, 1.82) is 0 Å². The summed E-state index contributed by atoms with van der Waals surface area (Å²) in [5, 5.41) is 12.1. The van der Waals surface area contributed by atoms with E-state index in [1.807, 2.05) is 50.6 Å². The lowest BCUT2D eigenvalue weighted by molar-refractivity contribution is -0.115. The van der Waals surface area contributed by atoms with Crippen LogP contribution in [0, 0.1) is 13.8 Å².